The zero-order valence-corrected chi connectivity index (χ0v) is 15.4. The van der Waals surface area contributed by atoms with Gasteiger partial charge in [-0.05, 0) is 43.5 Å². The number of carbonyl (C=O) groups is 1. The first-order valence-electron chi connectivity index (χ1n) is 8.01. The molecule has 3 rings (SSSR count). The molecule has 0 saturated heterocycles. The maximum absolute atomic E-state index is 12.4. The quantitative estimate of drug-likeness (QED) is 0.575. The van der Waals surface area contributed by atoms with Crippen molar-refractivity contribution in [3.8, 4) is 22.3 Å². The SMILES string of the molecule is CCOc1cc(C(=O)O[C@H](C)c2nnc(-c3cccs3)o2)ccc1OC. The maximum atomic E-state index is 12.4. The molecule has 2 aromatic heterocycles. The van der Waals surface area contributed by atoms with Gasteiger partial charge in [0, 0.05) is 0 Å². The van der Waals surface area contributed by atoms with Crippen LogP contribution in [-0.4, -0.2) is 29.9 Å². The number of aromatic nitrogens is 2. The van der Waals surface area contributed by atoms with Crippen LogP contribution in [0.4, 0.5) is 0 Å². The van der Waals surface area contributed by atoms with Gasteiger partial charge in [-0.2, -0.15) is 0 Å². The second kappa shape index (κ2) is 8.01. The number of nitrogens with zero attached hydrogens (tertiary/aromatic N) is 2. The molecule has 2 heterocycles. The van der Waals surface area contributed by atoms with Gasteiger partial charge in [0.15, 0.2) is 17.6 Å². The van der Waals surface area contributed by atoms with E-state index in [0.717, 1.165) is 4.88 Å². The predicted octanol–water partition coefficient (Wildman–Crippen LogP) is 4.12. The van der Waals surface area contributed by atoms with E-state index in [-0.39, 0.29) is 5.89 Å². The van der Waals surface area contributed by atoms with Gasteiger partial charge in [-0.15, -0.1) is 21.5 Å². The van der Waals surface area contributed by atoms with Gasteiger partial charge >= 0.3 is 5.97 Å². The van der Waals surface area contributed by atoms with Crippen molar-refractivity contribution in [2.24, 2.45) is 0 Å². The van der Waals surface area contributed by atoms with Crippen molar-refractivity contribution < 1.29 is 23.4 Å². The summed E-state index contributed by atoms with van der Waals surface area (Å²) in [6.07, 6.45) is -0.679. The summed E-state index contributed by atoms with van der Waals surface area (Å²) in [5.74, 6) is 1.15. The van der Waals surface area contributed by atoms with Crippen LogP contribution < -0.4 is 9.47 Å². The highest BCUT2D eigenvalue weighted by Gasteiger charge is 2.21. The van der Waals surface area contributed by atoms with Gasteiger partial charge in [0.2, 0.25) is 0 Å². The van der Waals surface area contributed by atoms with Crippen LogP contribution in [0.2, 0.25) is 0 Å². The first-order chi connectivity index (χ1) is 12.6. The van der Waals surface area contributed by atoms with Crippen molar-refractivity contribution in [3.63, 3.8) is 0 Å². The molecular weight excluding hydrogens is 356 g/mol. The lowest BCUT2D eigenvalue weighted by atomic mass is 10.2. The van der Waals surface area contributed by atoms with Crippen LogP contribution in [0.25, 0.3) is 10.8 Å². The molecule has 0 radical (unpaired) electrons. The Hall–Kier alpha value is -2.87. The zero-order valence-electron chi connectivity index (χ0n) is 14.6. The molecule has 3 aromatic rings. The van der Waals surface area contributed by atoms with Gasteiger partial charge in [0.25, 0.3) is 11.8 Å². The van der Waals surface area contributed by atoms with E-state index in [9.17, 15) is 4.79 Å². The fourth-order valence-corrected chi connectivity index (χ4v) is 2.89. The van der Waals surface area contributed by atoms with Crippen molar-refractivity contribution in [3.05, 3.63) is 47.2 Å². The van der Waals surface area contributed by atoms with Crippen LogP contribution in [-0.2, 0) is 4.74 Å². The third-order valence-corrected chi connectivity index (χ3v) is 4.36. The van der Waals surface area contributed by atoms with Crippen molar-refractivity contribution in [1.82, 2.24) is 10.2 Å². The van der Waals surface area contributed by atoms with Crippen molar-refractivity contribution >= 4 is 17.3 Å². The Morgan fingerprint density at radius 3 is 2.81 bits per heavy atom. The Balaban J connectivity index is 1.72. The van der Waals surface area contributed by atoms with E-state index in [1.54, 1.807) is 32.2 Å². The number of methoxy groups -OCH3 is 1. The molecule has 8 heteroatoms. The maximum Gasteiger partial charge on any atom is 0.339 e. The molecular formula is C18H18N2O5S. The minimum Gasteiger partial charge on any atom is -0.493 e. The fraction of sp³-hybridized carbons (Fsp3) is 0.278. The number of hydrogen-bond acceptors (Lipinski definition) is 8. The van der Waals surface area contributed by atoms with Crippen LogP contribution in [0, 0.1) is 0 Å². The number of thiophene rings is 1. The summed E-state index contributed by atoms with van der Waals surface area (Å²) in [4.78, 5) is 13.3. The van der Waals surface area contributed by atoms with Crippen LogP contribution in [0.15, 0.2) is 40.1 Å². The lowest BCUT2D eigenvalue weighted by molar-refractivity contribution is 0.0279. The van der Waals surface area contributed by atoms with Gasteiger partial charge in [-0.1, -0.05) is 6.07 Å². The molecule has 136 valence electrons. The molecule has 0 amide bonds. The number of benzene rings is 1. The number of hydrogen-bond donors (Lipinski definition) is 0. The zero-order chi connectivity index (χ0) is 18.5. The third kappa shape index (κ3) is 3.85. The summed E-state index contributed by atoms with van der Waals surface area (Å²) in [7, 11) is 1.54. The lowest BCUT2D eigenvalue weighted by Gasteiger charge is -2.12. The fourth-order valence-electron chi connectivity index (χ4n) is 2.25. The monoisotopic (exact) mass is 374 g/mol. The van der Waals surface area contributed by atoms with E-state index in [1.807, 2.05) is 24.4 Å². The molecule has 0 aliphatic carbocycles. The lowest BCUT2D eigenvalue weighted by Crippen LogP contribution is -2.10. The van der Waals surface area contributed by atoms with Gasteiger partial charge in [-0.25, -0.2) is 4.79 Å². The highest BCUT2D eigenvalue weighted by Crippen LogP contribution is 2.30. The molecule has 26 heavy (non-hydrogen) atoms. The number of ether oxygens (including phenoxy) is 3. The average Bonchev–Trinajstić information content (AvgIpc) is 3.33. The summed E-state index contributed by atoms with van der Waals surface area (Å²) in [5, 5.41) is 9.87. The minimum atomic E-state index is -0.679. The molecule has 0 saturated carbocycles. The first kappa shape index (κ1) is 17.9. The first-order valence-corrected chi connectivity index (χ1v) is 8.89. The second-order valence-corrected chi connectivity index (χ2v) is 6.22. The largest absolute Gasteiger partial charge is 0.493 e. The minimum absolute atomic E-state index is 0.236. The third-order valence-electron chi connectivity index (χ3n) is 3.50. The molecule has 0 bridgehead atoms. The summed E-state index contributed by atoms with van der Waals surface area (Å²) >= 11 is 1.49. The van der Waals surface area contributed by atoms with Crippen molar-refractivity contribution in [1.29, 1.82) is 0 Å². The predicted molar refractivity (Wildman–Crippen MR) is 95.6 cm³/mol. The summed E-state index contributed by atoms with van der Waals surface area (Å²) in [6, 6.07) is 8.63. The van der Waals surface area contributed by atoms with Gasteiger partial charge in [-0.3, -0.25) is 0 Å². The Morgan fingerprint density at radius 1 is 1.27 bits per heavy atom. The van der Waals surface area contributed by atoms with Gasteiger partial charge in [0.1, 0.15) is 0 Å². The Kier molecular flexibility index (Phi) is 5.52. The molecule has 0 aliphatic heterocycles. The van der Waals surface area contributed by atoms with Crippen molar-refractivity contribution in [2.45, 2.75) is 20.0 Å². The van der Waals surface area contributed by atoms with E-state index in [0.29, 0.717) is 29.6 Å². The highest BCUT2D eigenvalue weighted by molar-refractivity contribution is 7.13. The van der Waals surface area contributed by atoms with E-state index >= 15 is 0 Å². The molecule has 1 atom stereocenters. The summed E-state index contributed by atoms with van der Waals surface area (Å²) < 4.78 is 21.7. The summed E-state index contributed by atoms with van der Waals surface area (Å²) in [5.41, 5.74) is 0.346. The number of rotatable bonds is 7. The smallest absolute Gasteiger partial charge is 0.339 e. The molecule has 0 N–H and O–H groups in total. The standard InChI is InChI=1S/C18H18N2O5S/c1-4-23-14-10-12(7-8-13(14)22-3)18(21)24-11(2)16-19-20-17(25-16)15-6-5-9-26-15/h5-11H,4H2,1-3H3/t11-/m1/s1. The molecule has 1 aromatic carbocycles. The van der Waals surface area contributed by atoms with Crippen molar-refractivity contribution in [2.75, 3.05) is 13.7 Å². The Morgan fingerprint density at radius 2 is 2.12 bits per heavy atom. The van der Waals surface area contributed by atoms with Crippen LogP contribution >= 0.6 is 11.3 Å². The number of esters is 1. The van der Waals surface area contributed by atoms with E-state index in [4.69, 9.17) is 18.6 Å². The average molecular weight is 374 g/mol. The molecule has 0 aliphatic rings. The normalized spacial score (nSPS) is 11.8. The molecule has 0 spiro atoms. The summed E-state index contributed by atoms with van der Waals surface area (Å²) in [6.45, 7) is 3.99. The van der Waals surface area contributed by atoms with Crippen LogP contribution in [0.1, 0.15) is 36.2 Å². The van der Waals surface area contributed by atoms with Crippen LogP contribution in [0.5, 0.6) is 11.5 Å². The van der Waals surface area contributed by atoms with E-state index in [1.165, 1.54) is 11.3 Å². The van der Waals surface area contributed by atoms with Gasteiger partial charge < -0.3 is 18.6 Å². The second-order valence-electron chi connectivity index (χ2n) is 5.27. The Labute approximate surface area is 154 Å². The Bertz CT molecular complexity index is 876. The topological polar surface area (TPSA) is 83.7 Å². The molecule has 0 fully saturated rings. The van der Waals surface area contributed by atoms with Gasteiger partial charge in [0.05, 0.1) is 24.2 Å². The molecule has 7 nitrogen and oxygen atoms in total. The highest BCUT2D eigenvalue weighted by atomic mass is 32.1. The number of carbonyl (C=O) groups excluding carboxylic acids is 1. The van der Waals surface area contributed by atoms with E-state index in [2.05, 4.69) is 10.2 Å². The molecule has 0 unspecified atom stereocenters. The van der Waals surface area contributed by atoms with E-state index < -0.39 is 12.1 Å². The van der Waals surface area contributed by atoms with Crippen LogP contribution in [0.3, 0.4) is 0 Å².